The monoisotopic (exact) mass is 245 g/mol. The summed E-state index contributed by atoms with van der Waals surface area (Å²) >= 11 is 0. The molecule has 1 aromatic heterocycles. The molecule has 0 spiro atoms. The molecule has 1 unspecified atom stereocenters. The van der Waals surface area contributed by atoms with Gasteiger partial charge in [-0.15, -0.1) is 0 Å². The molecule has 3 atom stereocenters. The van der Waals surface area contributed by atoms with E-state index in [4.69, 9.17) is 10.3 Å². The van der Waals surface area contributed by atoms with E-state index in [1.54, 1.807) is 6.92 Å². The van der Waals surface area contributed by atoms with Crippen LogP contribution in [-0.2, 0) is 6.42 Å². The van der Waals surface area contributed by atoms with Crippen molar-refractivity contribution in [3.63, 3.8) is 0 Å². The van der Waals surface area contributed by atoms with Crippen molar-refractivity contribution >= 4 is 0 Å². The van der Waals surface area contributed by atoms with Gasteiger partial charge in [0.2, 0.25) is 5.89 Å². The minimum absolute atomic E-state index is 0.194. The molecule has 1 aromatic carbocycles. The van der Waals surface area contributed by atoms with Gasteiger partial charge >= 0.3 is 0 Å². The molecule has 2 aromatic rings. The summed E-state index contributed by atoms with van der Waals surface area (Å²) in [5, 5.41) is 13.4. The molecular formula is C13H15N3O2. The Morgan fingerprint density at radius 2 is 2.22 bits per heavy atom. The summed E-state index contributed by atoms with van der Waals surface area (Å²) in [5.41, 5.74) is 8.33. The molecule has 18 heavy (non-hydrogen) atoms. The minimum atomic E-state index is -0.702. The predicted molar refractivity (Wildman–Crippen MR) is 64.9 cm³/mol. The smallest absolute Gasteiger partial charge is 0.246 e. The third kappa shape index (κ3) is 1.72. The van der Waals surface area contributed by atoms with Gasteiger partial charge < -0.3 is 15.4 Å². The number of nitrogens with zero attached hydrogens (tertiary/aromatic N) is 2. The highest BCUT2D eigenvalue weighted by Crippen LogP contribution is 2.38. The van der Waals surface area contributed by atoms with Crippen LogP contribution in [0.15, 0.2) is 28.8 Å². The van der Waals surface area contributed by atoms with Crippen LogP contribution in [0.5, 0.6) is 0 Å². The molecule has 0 amide bonds. The number of aromatic nitrogens is 2. The Bertz CT molecular complexity index is 565. The molecule has 1 aliphatic rings. The van der Waals surface area contributed by atoms with Crippen LogP contribution in [0.1, 0.15) is 41.7 Å². The van der Waals surface area contributed by atoms with Gasteiger partial charge in [0.25, 0.3) is 0 Å². The summed E-state index contributed by atoms with van der Waals surface area (Å²) in [6.45, 7) is 1.60. The van der Waals surface area contributed by atoms with Crippen molar-refractivity contribution < 1.29 is 9.63 Å². The number of aliphatic hydroxyl groups excluding tert-OH is 1. The maximum atomic E-state index is 9.40. The second kappa shape index (κ2) is 4.19. The third-order valence-electron chi connectivity index (χ3n) is 3.43. The van der Waals surface area contributed by atoms with Crippen molar-refractivity contribution in [2.75, 3.05) is 0 Å². The van der Waals surface area contributed by atoms with Gasteiger partial charge in [-0.1, -0.05) is 29.4 Å². The van der Waals surface area contributed by atoms with Crippen molar-refractivity contribution in [1.82, 2.24) is 10.1 Å². The average Bonchev–Trinajstić information content (AvgIpc) is 2.79. The molecule has 5 heteroatoms. The quantitative estimate of drug-likeness (QED) is 0.847. The van der Waals surface area contributed by atoms with E-state index in [0.717, 1.165) is 6.42 Å². The molecule has 0 fully saturated rings. The number of hydrogen-bond acceptors (Lipinski definition) is 5. The van der Waals surface area contributed by atoms with Gasteiger partial charge in [-0.2, -0.15) is 4.98 Å². The van der Waals surface area contributed by atoms with Gasteiger partial charge in [-0.3, -0.25) is 0 Å². The zero-order valence-electron chi connectivity index (χ0n) is 10.1. The van der Waals surface area contributed by atoms with Gasteiger partial charge in [0.15, 0.2) is 5.82 Å². The van der Waals surface area contributed by atoms with Crippen LogP contribution in [0.3, 0.4) is 0 Å². The van der Waals surface area contributed by atoms with Crippen LogP contribution in [0.25, 0.3) is 0 Å². The van der Waals surface area contributed by atoms with Crippen molar-refractivity contribution in [3.05, 3.63) is 47.1 Å². The van der Waals surface area contributed by atoms with Gasteiger partial charge in [0, 0.05) is 0 Å². The second-order valence-corrected chi connectivity index (χ2v) is 4.71. The molecule has 0 radical (unpaired) electrons. The maximum Gasteiger partial charge on any atom is 0.246 e. The number of rotatable bonds is 3. The van der Waals surface area contributed by atoms with Crippen LogP contribution in [0, 0.1) is 0 Å². The van der Waals surface area contributed by atoms with E-state index in [-0.39, 0.29) is 5.92 Å². The number of aliphatic hydroxyl groups is 1. The molecular weight excluding hydrogens is 230 g/mol. The fraction of sp³-hybridized carbons (Fsp3) is 0.385. The molecule has 1 heterocycles. The lowest BCUT2D eigenvalue weighted by molar-refractivity contribution is 0.146. The highest BCUT2D eigenvalue weighted by Gasteiger charge is 2.32. The summed E-state index contributed by atoms with van der Waals surface area (Å²) in [5.74, 6) is 1.14. The van der Waals surface area contributed by atoms with E-state index in [1.165, 1.54) is 11.1 Å². The molecule has 0 saturated carbocycles. The second-order valence-electron chi connectivity index (χ2n) is 4.71. The van der Waals surface area contributed by atoms with Crippen molar-refractivity contribution in [3.8, 4) is 0 Å². The van der Waals surface area contributed by atoms with Gasteiger partial charge in [-0.25, -0.2) is 0 Å². The number of benzene rings is 1. The lowest BCUT2D eigenvalue weighted by atomic mass is 9.77. The van der Waals surface area contributed by atoms with Gasteiger partial charge in [0.1, 0.15) is 6.04 Å². The summed E-state index contributed by atoms with van der Waals surface area (Å²) in [6, 6.07) is 7.59. The Labute approximate surface area is 105 Å². The van der Waals surface area contributed by atoms with Crippen LogP contribution in [0.2, 0.25) is 0 Å². The predicted octanol–water partition coefficient (Wildman–Crippen LogP) is 1.14. The fourth-order valence-corrected chi connectivity index (χ4v) is 2.22. The van der Waals surface area contributed by atoms with E-state index in [9.17, 15) is 5.11 Å². The van der Waals surface area contributed by atoms with Crippen molar-refractivity contribution in [2.24, 2.45) is 5.73 Å². The summed E-state index contributed by atoms with van der Waals surface area (Å²) < 4.78 is 5.11. The molecule has 0 aliphatic heterocycles. The molecule has 3 N–H and O–H groups in total. The average molecular weight is 245 g/mol. The first-order valence-electron chi connectivity index (χ1n) is 6.01. The molecule has 0 bridgehead atoms. The summed E-state index contributed by atoms with van der Waals surface area (Å²) in [7, 11) is 0. The zero-order chi connectivity index (χ0) is 12.7. The van der Waals surface area contributed by atoms with E-state index in [2.05, 4.69) is 22.3 Å². The van der Waals surface area contributed by atoms with Crippen LogP contribution < -0.4 is 5.73 Å². The third-order valence-corrected chi connectivity index (χ3v) is 3.43. The van der Waals surface area contributed by atoms with Crippen LogP contribution in [0.4, 0.5) is 0 Å². The zero-order valence-corrected chi connectivity index (χ0v) is 10.1. The molecule has 1 aliphatic carbocycles. The number of nitrogens with two attached hydrogens (primary N) is 1. The number of fused-ring (bicyclic) bond motifs is 1. The standard InChI is InChI=1S/C13H15N3O2/c1-7(17)11(14)13-15-12(16-18-13)10-6-8-4-2-3-5-9(8)10/h2-5,7,10-11,17H,6,14H2,1H3/t7-,10?,11+/m1/s1. The van der Waals surface area contributed by atoms with Crippen molar-refractivity contribution in [2.45, 2.75) is 31.4 Å². The molecule has 5 nitrogen and oxygen atoms in total. The normalized spacial score (nSPS) is 20.9. The Kier molecular flexibility index (Phi) is 2.65. The van der Waals surface area contributed by atoms with Gasteiger partial charge in [-0.05, 0) is 24.5 Å². The minimum Gasteiger partial charge on any atom is -0.391 e. The first kappa shape index (κ1) is 11.4. The lowest BCUT2D eigenvalue weighted by Gasteiger charge is -2.27. The summed E-state index contributed by atoms with van der Waals surface area (Å²) in [6.07, 6.45) is 0.228. The van der Waals surface area contributed by atoms with E-state index in [1.807, 2.05) is 12.1 Å². The number of hydrogen-bond donors (Lipinski definition) is 2. The molecule has 0 saturated heterocycles. The topological polar surface area (TPSA) is 85.2 Å². The van der Waals surface area contributed by atoms with Crippen molar-refractivity contribution in [1.29, 1.82) is 0 Å². The van der Waals surface area contributed by atoms with Crippen LogP contribution in [-0.4, -0.2) is 21.4 Å². The summed E-state index contributed by atoms with van der Waals surface area (Å²) in [4.78, 5) is 4.29. The highest BCUT2D eigenvalue weighted by atomic mass is 16.5. The maximum absolute atomic E-state index is 9.40. The Morgan fingerprint density at radius 1 is 1.44 bits per heavy atom. The first-order chi connectivity index (χ1) is 8.66. The Hall–Kier alpha value is -1.72. The molecule has 3 rings (SSSR count). The first-order valence-corrected chi connectivity index (χ1v) is 6.01. The van der Waals surface area contributed by atoms with Crippen LogP contribution >= 0.6 is 0 Å². The SMILES string of the molecule is C[C@@H](O)[C@H](N)c1nc(C2Cc3ccccc32)no1. The van der Waals surface area contributed by atoms with E-state index in [0.29, 0.717) is 11.7 Å². The Morgan fingerprint density at radius 3 is 2.94 bits per heavy atom. The Balaban J connectivity index is 1.84. The van der Waals surface area contributed by atoms with E-state index >= 15 is 0 Å². The van der Waals surface area contributed by atoms with E-state index < -0.39 is 12.1 Å². The van der Waals surface area contributed by atoms with Gasteiger partial charge in [0.05, 0.1) is 12.0 Å². The lowest BCUT2D eigenvalue weighted by Crippen LogP contribution is -2.24. The highest BCUT2D eigenvalue weighted by molar-refractivity contribution is 5.43. The molecule has 94 valence electrons. The fourth-order valence-electron chi connectivity index (χ4n) is 2.22. The largest absolute Gasteiger partial charge is 0.391 e.